The van der Waals surface area contributed by atoms with Gasteiger partial charge in [0, 0.05) is 18.8 Å². The molecule has 0 bridgehead atoms. The van der Waals surface area contributed by atoms with Gasteiger partial charge < -0.3 is 4.57 Å². The predicted octanol–water partition coefficient (Wildman–Crippen LogP) is 2.16. The maximum Gasteiger partial charge on any atom is 0.416 e. The Hall–Kier alpha value is -2.36. The number of halogens is 3. The summed E-state index contributed by atoms with van der Waals surface area (Å²) in [7, 11) is -3.64. The summed E-state index contributed by atoms with van der Waals surface area (Å²) in [6.07, 6.45) is -3.20. The summed E-state index contributed by atoms with van der Waals surface area (Å²) in [5, 5.41) is 0. The van der Waals surface area contributed by atoms with Gasteiger partial charge in [0.25, 0.3) is 5.56 Å². The van der Waals surface area contributed by atoms with Gasteiger partial charge in [0.15, 0.2) is 9.84 Å². The average molecular weight is 404 g/mol. The van der Waals surface area contributed by atoms with Crippen molar-refractivity contribution in [2.75, 3.05) is 11.5 Å². The molecule has 0 saturated heterocycles. The molecule has 2 aromatic rings. The Kier molecular flexibility index (Phi) is 6.30. The Balaban J connectivity index is 2.04. The zero-order valence-corrected chi connectivity index (χ0v) is 15.3. The molecule has 2 rings (SSSR count). The number of benzene rings is 1. The molecule has 0 unspecified atom stereocenters. The van der Waals surface area contributed by atoms with Crippen LogP contribution < -0.4 is 11.2 Å². The Morgan fingerprint density at radius 2 is 1.81 bits per heavy atom. The van der Waals surface area contributed by atoms with E-state index in [9.17, 15) is 31.2 Å². The molecule has 27 heavy (non-hydrogen) atoms. The van der Waals surface area contributed by atoms with Crippen molar-refractivity contribution in [1.29, 1.82) is 0 Å². The second kappa shape index (κ2) is 8.12. The van der Waals surface area contributed by atoms with Gasteiger partial charge >= 0.3 is 11.9 Å². The van der Waals surface area contributed by atoms with Gasteiger partial charge in [-0.05, 0) is 24.0 Å². The number of alkyl halides is 3. The summed E-state index contributed by atoms with van der Waals surface area (Å²) >= 11 is 0. The molecule has 0 radical (unpaired) electrons. The number of sulfone groups is 1. The smallest absolute Gasteiger partial charge is 0.301 e. The van der Waals surface area contributed by atoms with Gasteiger partial charge in [-0.15, -0.1) is 0 Å². The Morgan fingerprint density at radius 1 is 1.15 bits per heavy atom. The molecule has 0 aliphatic rings. The van der Waals surface area contributed by atoms with E-state index in [4.69, 9.17) is 0 Å². The van der Waals surface area contributed by atoms with Crippen molar-refractivity contribution < 1.29 is 21.6 Å². The van der Waals surface area contributed by atoms with E-state index in [1.807, 2.05) is 0 Å². The van der Waals surface area contributed by atoms with Crippen molar-refractivity contribution in [2.45, 2.75) is 32.0 Å². The lowest BCUT2D eigenvalue weighted by atomic mass is 9.97. The predicted molar refractivity (Wildman–Crippen MR) is 94.5 cm³/mol. The third-order valence-corrected chi connectivity index (χ3v) is 5.97. The molecule has 10 heteroatoms. The second-order valence-electron chi connectivity index (χ2n) is 6.26. The highest BCUT2D eigenvalue weighted by Gasteiger charge is 2.34. The first-order valence-electron chi connectivity index (χ1n) is 8.16. The molecule has 0 saturated carbocycles. The number of aryl methyl sites for hydroxylation is 1. The summed E-state index contributed by atoms with van der Waals surface area (Å²) in [5.74, 6) is -1.54. The molecule has 148 valence electrons. The molecule has 1 aromatic heterocycles. The van der Waals surface area contributed by atoms with Crippen LogP contribution in [0, 0.1) is 0 Å². The third kappa shape index (κ3) is 5.81. The summed E-state index contributed by atoms with van der Waals surface area (Å²) in [4.78, 5) is 24.6. The molecule has 0 amide bonds. The van der Waals surface area contributed by atoms with Gasteiger partial charge in [-0.3, -0.25) is 9.78 Å². The summed E-state index contributed by atoms with van der Waals surface area (Å²) in [6, 6.07) is 6.06. The Bertz CT molecular complexity index is 1010. The minimum absolute atomic E-state index is 0.0644. The largest absolute Gasteiger partial charge is 0.416 e. The molecule has 1 N–H and O–H groups in total. The summed E-state index contributed by atoms with van der Waals surface area (Å²) < 4.78 is 65.0. The van der Waals surface area contributed by atoms with E-state index < -0.39 is 44.5 Å². The van der Waals surface area contributed by atoms with Gasteiger partial charge in [-0.2, -0.15) is 13.2 Å². The normalized spacial score (nSPS) is 13.5. The van der Waals surface area contributed by atoms with Crippen molar-refractivity contribution in [1.82, 2.24) is 9.55 Å². The van der Waals surface area contributed by atoms with E-state index in [1.165, 1.54) is 35.9 Å². The lowest BCUT2D eigenvalue weighted by Gasteiger charge is -2.18. The van der Waals surface area contributed by atoms with Crippen molar-refractivity contribution in [2.24, 2.45) is 0 Å². The van der Waals surface area contributed by atoms with Crippen LogP contribution in [0.4, 0.5) is 13.2 Å². The fraction of sp³-hybridized carbons (Fsp3) is 0.412. The van der Waals surface area contributed by atoms with Crippen molar-refractivity contribution in [3.05, 3.63) is 68.5 Å². The van der Waals surface area contributed by atoms with E-state index in [1.54, 1.807) is 0 Å². The highest BCUT2D eigenvalue weighted by atomic mass is 32.2. The number of H-pyrrole nitrogens is 1. The van der Waals surface area contributed by atoms with E-state index in [2.05, 4.69) is 4.98 Å². The first kappa shape index (κ1) is 20.9. The first-order chi connectivity index (χ1) is 12.5. The lowest BCUT2D eigenvalue weighted by Crippen LogP contribution is -2.29. The molecular weight excluding hydrogens is 385 g/mol. The molecule has 0 aliphatic carbocycles. The number of aromatic nitrogens is 2. The average Bonchev–Trinajstić information content (AvgIpc) is 2.55. The maximum absolute atomic E-state index is 13.1. The van der Waals surface area contributed by atoms with Gasteiger partial charge in [0.1, 0.15) is 0 Å². The minimum Gasteiger partial charge on any atom is -0.301 e. The van der Waals surface area contributed by atoms with Crippen LogP contribution in [0.3, 0.4) is 0 Å². The van der Waals surface area contributed by atoms with E-state index in [0.29, 0.717) is 0 Å². The van der Waals surface area contributed by atoms with Gasteiger partial charge in [0.05, 0.1) is 17.1 Å². The number of aromatic amines is 1. The van der Waals surface area contributed by atoms with Crippen LogP contribution in [0.5, 0.6) is 0 Å². The van der Waals surface area contributed by atoms with E-state index in [-0.39, 0.29) is 24.3 Å². The number of nitrogens with one attached hydrogen (secondary N) is 1. The number of nitrogens with zero attached hydrogens (tertiary/aromatic N) is 1. The van der Waals surface area contributed by atoms with Gasteiger partial charge in [-0.1, -0.05) is 25.1 Å². The van der Waals surface area contributed by atoms with Crippen LogP contribution in [0.25, 0.3) is 0 Å². The van der Waals surface area contributed by atoms with E-state index in [0.717, 1.165) is 12.1 Å². The number of hydrogen-bond donors (Lipinski definition) is 1. The Morgan fingerprint density at radius 3 is 2.44 bits per heavy atom. The molecule has 1 atom stereocenters. The maximum atomic E-state index is 13.1. The van der Waals surface area contributed by atoms with Crippen molar-refractivity contribution in [3.63, 3.8) is 0 Å². The summed E-state index contributed by atoms with van der Waals surface area (Å²) in [6.45, 7) is 1.51. The zero-order valence-electron chi connectivity index (χ0n) is 14.5. The molecule has 0 fully saturated rings. The first-order valence-corrected chi connectivity index (χ1v) is 9.98. The Labute approximate surface area is 153 Å². The second-order valence-corrected chi connectivity index (χ2v) is 8.49. The zero-order chi connectivity index (χ0) is 20.2. The summed E-state index contributed by atoms with van der Waals surface area (Å²) in [5.41, 5.74) is -2.11. The minimum atomic E-state index is -4.56. The van der Waals surface area contributed by atoms with Crippen LogP contribution in [-0.2, 0) is 22.6 Å². The van der Waals surface area contributed by atoms with Crippen LogP contribution in [-0.4, -0.2) is 29.5 Å². The molecular formula is C17H19F3N2O4S. The molecule has 0 aliphatic heterocycles. The molecule has 0 spiro atoms. The molecule has 6 nitrogen and oxygen atoms in total. The van der Waals surface area contributed by atoms with Crippen LogP contribution in [0.2, 0.25) is 0 Å². The fourth-order valence-electron chi connectivity index (χ4n) is 2.81. The van der Waals surface area contributed by atoms with Crippen molar-refractivity contribution >= 4 is 9.84 Å². The standard InChI is InChI=1S/C17H19F3N2O4S/c1-12(13-5-2-3-6-14(13)17(18,19)20)11-27(25,26)10-4-8-22-9-7-15(23)21-16(22)24/h2-3,5-7,9,12H,4,8,10-11H2,1H3,(H,21,23,24)/t12-/m0/s1. The van der Waals surface area contributed by atoms with Crippen LogP contribution in [0.15, 0.2) is 46.1 Å². The van der Waals surface area contributed by atoms with Gasteiger partial charge in [0.2, 0.25) is 0 Å². The van der Waals surface area contributed by atoms with Crippen LogP contribution in [0.1, 0.15) is 30.4 Å². The van der Waals surface area contributed by atoms with Crippen LogP contribution >= 0.6 is 0 Å². The molecule has 1 heterocycles. The highest BCUT2D eigenvalue weighted by Crippen LogP contribution is 2.35. The van der Waals surface area contributed by atoms with Gasteiger partial charge in [-0.25, -0.2) is 13.2 Å². The number of hydrogen-bond acceptors (Lipinski definition) is 4. The topological polar surface area (TPSA) is 89.0 Å². The highest BCUT2D eigenvalue weighted by molar-refractivity contribution is 7.91. The number of rotatable bonds is 7. The quantitative estimate of drug-likeness (QED) is 0.766. The fourth-order valence-corrected chi connectivity index (χ4v) is 4.49. The van der Waals surface area contributed by atoms with Crippen molar-refractivity contribution in [3.8, 4) is 0 Å². The molecule has 1 aromatic carbocycles. The van der Waals surface area contributed by atoms with E-state index >= 15 is 0 Å². The monoisotopic (exact) mass is 404 g/mol. The lowest BCUT2D eigenvalue weighted by molar-refractivity contribution is -0.138. The SMILES string of the molecule is C[C@@H](CS(=O)(=O)CCCn1ccc(=O)[nH]c1=O)c1ccccc1C(F)(F)F. The third-order valence-electron chi connectivity index (χ3n) is 4.05.